The zero-order chi connectivity index (χ0) is 28.3. The van der Waals surface area contributed by atoms with Crippen LogP contribution in [0.4, 0.5) is 11.4 Å². The number of benzene rings is 3. The summed E-state index contributed by atoms with van der Waals surface area (Å²) in [6, 6.07) is 24.4. The summed E-state index contributed by atoms with van der Waals surface area (Å²) in [5.74, 6) is 0.0239. The highest BCUT2D eigenvalue weighted by atomic mass is 32.2. The topological polar surface area (TPSA) is 101 Å². The molecule has 0 bridgehead atoms. The molecule has 0 atom stereocenters. The SMILES string of the molecule is Cc1ccc(NC(=O)c2cccn2C)cc1-c1ccc(C(=O)Nc2ccc(CN3CCS(=O)(=O)CC3)cc2)cc1. The number of sulfone groups is 1. The Balaban J connectivity index is 1.21. The Kier molecular flexibility index (Phi) is 7.86. The number of carbonyl (C=O) groups is 2. The first-order valence-electron chi connectivity index (χ1n) is 13.1. The minimum absolute atomic E-state index is 0.177. The van der Waals surface area contributed by atoms with Gasteiger partial charge in [0.05, 0.1) is 11.5 Å². The highest BCUT2D eigenvalue weighted by Gasteiger charge is 2.21. The van der Waals surface area contributed by atoms with E-state index in [-0.39, 0.29) is 23.3 Å². The van der Waals surface area contributed by atoms with Gasteiger partial charge in [0.25, 0.3) is 11.8 Å². The van der Waals surface area contributed by atoms with Gasteiger partial charge in [0, 0.05) is 49.8 Å². The van der Waals surface area contributed by atoms with Gasteiger partial charge in [-0.1, -0.05) is 30.3 Å². The van der Waals surface area contributed by atoms with Gasteiger partial charge in [0.2, 0.25) is 0 Å². The maximum absolute atomic E-state index is 12.9. The zero-order valence-electron chi connectivity index (χ0n) is 22.6. The van der Waals surface area contributed by atoms with Crippen LogP contribution < -0.4 is 10.6 Å². The van der Waals surface area contributed by atoms with Gasteiger partial charge >= 0.3 is 0 Å². The molecule has 40 heavy (non-hydrogen) atoms. The molecule has 0 saturated carbocycles. The first-order valence-corrected chi connectivity index (χ1v) is 15.0. The van der Waals surface area contributed by atoms with Crippen LogP contribution in [0.3, 0.4) is 0 Å². The van der Waals surface area contributed by atoms with Crippen molar-refractivity contribution in [3.05, 3.63) is 107 Å². The average molecular weight is 557 g/mol. The smallest absolute Gasteiger partial charge is 0.272 e. The summed E-state index contributed by atoms with van der Waals surface area (Å²) >= 11 is 0. The quantitative estimate of drug-likeness (QED) is 0.343. The molecule has 1 saturated heterocycles. The van der Waals surface area contributed by atoms with E-state index in [1.54, 1.807) is 22.8 Å². The van der Waals surface area contributed by atoms with Crippen molar-refractivity contribution >= 4 is 33.0 Å². The summed E-state index contributed by atoms with van der Waals surface area (Å²) in [6.45, 7) is 3.78. The molecular weight excluding hydrogens is 524 g/mol. The second-order valence-electron chi connectivity index (χ2n) is 10.1. The van der Waals surface area contributed by atoms with Gasteiger partial charge in [0.1, 0.15) is 5.69 Å². The van der Waals surface area contributed by atoms with Crippen molar-refractivity contribution in [2.24, 2.45) is 7.05 Å². The highest BCUT2D eigenvalue weighted by molar-refractivity contribution is 7.91. The number of nitrogens with one attached hydrogen (secondary N) is 2. The molecule has 2 heterocycles. The summed E-state index contributed by atoms with van der Waals surface area (Å²) < 4.78 is 25.0. The van der Waals surface area contributed by atoms with Crippen molar-refractivity contribution in [3.8, 4) is 11.1 Å². The second kappa shape index (κ2) is 11.5. The minimum atomic E-state index is -2.90. The molecular formula is C31H32N4O4S. The van der Waals surface area contributed by atoms with Crippen LogP contribution in [0.5, 0.6) is 0 Å². The first kappa shape index (κ1) is 27.4. The number of hydrogen-bond donors (Lipinski definition) is 2. The lowest BCUT2D eigenvalue weighted by atomic mass is 9.98. The predicted molar refractivity (Wildman–Crippen MR) is 158 cm³/mol. The lowest BCUT2D eigenvalue weighted by molar-refractivity contribution is 0.101. The molecule has 1 aliphatic heterocycles. The summed E-state index contributed by atoms with van der Waals surface area (Å²) in [6.07, 6.45) is 1.83. The Morgan fingerprint density at radius 1 is 0.825 bits per heavy atom. The van der Waals surface area contributed by atoms with Crippen LogP contribution in [0, 0.1) is 6.92 Å². The number of carbonyl (C=O) groups excluding carboxylic acids is 2. The predicted octanol–water partition coefficient (Wildman–Crippen LogP) is 4.74. The molecule has 9 heteroatoms. The molecule has 5 rings (SSSR count). The second-order valence-corrected chi connectivity index (χ2v) is 12.4. The molecule has 2 amide bonds. The third kappa shape index (κ3) is 6.50. The fourth-order valence-corrected chi connectivity index (χ4v) is 6.04. The molecule has 1 aliphatic rings. The molecule has 3 aromatic carbocycles. The number of nitrogens with zero attached hydrogens (tertiary/aromatic N) is 2. The Morgan fingerprint density at radius 2 is 1.48 bits per heavy atom. The van der Waals surface area contributed by atoms with E-state index >= 15 is 0 Å². The Labute approximate surface area is 234 Å². The van der Waals surface area contributed by atoms with Crippen LogP contribution in [-0.2, 0) is 23.4 Å². The number of rotatable bonds is 7. The van der Waals surface area contributed by atoms with Gasteiger partial charge in [-0.25, -0.2) is 8.42 Å². The Morgan fingerprint density at radius 3 is 2.12 bits per heavy atom. The lowest BCUT2D eigenvalue weighted by Gasteiger charge is -2.26. The van der Waals surface area contributed by atoms with Crippen molar-refractivity contribution in [3.63, 3.8) is 0 Å². The van der Waals surface area contributed by atoms with Gasteiger partial charge in [-0.2, -0.15) is 0 Å². The van der Waals surface area contributed by atoms with E-state index in [1.807, 2.05) is 80.8 Å². The number of amides is 2. The molecule has 0 radical (unpaired) electrons. The molecule has 4 aromatic rings. The third-order valence-electron chi connectivity index (χ3n) is 7.18. The van der Waals surface area contributed by atoms with Crippen molar-refractivity contribution in [1.82, 2.24) is 9.47 Å². The van der Waals surface area contributed by atoms with Gasteiger partial charge in [-0.3, -0.25) is 14.5 Å². The molecule has 0 aliphatic carbocycles. The fourth-order valence-electron chi connectivity index (χ4n) is 4.77. The molecule has 1 aromatic heterocycles. The van der Waals surface area contributed by atoms with Crippen LogP contribution >= 0.6 is 0 Å². The van der Waals surface area contributed by atoms with E-state index in [0.29, 0.717) is 42.3 Å². The maximum atomic E-state index is 12.9. The lowest BCUT2D eigenvalue weighted by Crippen LogP contribution is -2.39. The van der Waals surface area contributed by atoms with Gasteiger partial charge in [0.15, 0.2) is 9.84 Å². The fraction of sp³-hybridized carbons (Fsp3) is 0.226. The number of aryl methyl sites for hydroxylation is 2. The minimum Gasteiger partial charge on any atom is -0.347 e. The van der Waals surface area contributed by atoms with Crippen molar-refractivity contribution < 1.29 is 18.0 Å². The summed E-state index contributed by atoms with van der Waals surface area (Å²) in [4.78, 5) is 27.6. The number of hydrogen-bond acceptors (Lipinski definition) is 5. The van der Waals surface area contributed by atoms with Crippen molar-refractivity contribution in [2.75, 3.05) is 35.2 Å². The van der Waals surface area contributed by atoms with Crippen LogP contribution in [0.1, 0.15) is 32.0 Å². The molecule has 0 spiro atoms. The Hall–Kier alpha value is -4.21. The number of anilines is 2. The van der Waals surface area contributed by atoms with E-state index in [2.05, 4.69) is 15.5 Å². The first-order chi connectivity index (χ1) is 19.2. The zero-order valence-corrected chi connectivity index (χ0v) is 23.4. The largest absolute Gasteiger partial charge is 0.347 e. The van der Waals surface area contributed by atoms with Crippen LogP contribution in [0.25, 0.3) is 11.1 Å². The van der Waals surface area contributed by atoms with Gasteiger partial charge in [-0.15, -0.1) is 0 Å². The monoisotopic (exact) mass is 556 g/mol. The third-order valence-corrected chi connectivity index (χ3v) is 8.79. The highest BCUT2D eigenvalue weighted by Crippen LogP contribution is 2.27. The molecule has 206 valence electrons. The number of aromatic nitrogens is 1. The van der Waals surface area contributed by atoms with Crippen LogP contribution in [0.2, 0.25) is 0 Å². The normalized spacial score (nSPS) is 14.9. The van der Waals surface area contributed by atoms with Crippen molar-refractivity contribution in [1.29, 1.82) is 0 Å². The molecule has 1 fully saturated rings. The van der Waals surface area contributed by atoms with E-state index in [4.69, 9.17) is 0 Å². The van der Waals surface area contributed by atoms with Crippen LogP contribution in [0.15, 0.2) is 85.1 Å². The summed E-state index contributed by atoms with van der Waals surface area (Å²) in [7, 11) is -1.07. The van der Waals surface area contributed by atoms with E-state index in [1.165, 1.54) is 0 Å². The molecule has 8 nitrogen and oxygen atoms in total. The van der Waals surface area contributed by atoms with Gasteiger partial charge < -0.3 is 15.2 Å². The van der Waals surface area contributed by atoms with E-state index < -0.39 is 9.84 Å². The summed E-state index contributed by atoms with van der Waals surface area (Å²) in [5.41, 5.74) is 6.54. The molecule has 2 N–H and O–H groups in total. The Bertz CT molecular complexity index is 1630. The van der Waals surface area contributed by atoms with E-state index in [9.17, 15) is 18.0 Å². The van der Waals surface area contributed by atoms with Crippen molar-refractivity contribution in [2.45, 2.75) is 13.5 Å². The van der Waals surface area contributed by atoms with Crippen LogP contribution in [-0.4, -0.2) is 54.3 Å². The standard InChI is InChI=1S/C31H32N4O4S/c1-22-5-12-27(33-31(37)29-4-3-15-34(29)2)20-28(22)24-8-10-25(11-9-24)30(36)32-26-13-6-23(7-14-26)21-35-16-18-40(38,39)19-17-35/h3-15,20H,16-19,21H2,1-2H3,(H,32,36)(H,33,37). The van der Waals surface area contributed by atoms with E-state index in [0.717, 1.165) is 22.3 Å². The summed E-state index contributed by atoms with van der Waals surface area (Å²) in [5, 5.41) is 5.90. The average Bonchev–Trinajstić information content (AvgIpc) is 3.38. The van der Waals surface area contributed by atoms with Gasteiger partial charge in [-0.05, 0) is 77.7 Å². The molecule has 0 unspecified atom stereocenters. The maximum Gasteiger partial charge on any atom is 0.272 e.